The summed E-state index contributed by atoms with van der Waals surface area (Å²) in [6, 6.07) is 19.2. The van der Waals surface area contributed by atoms with Crippen molar-refractivity contribution in [1.29, 1.82) is 0 Å². The summed E-state index contributed by atoms with van der Waals surface area (Å²) in [5.74, 6) is -7.30. The molecule has 0 saturated carbocycles. The lowest BCUT2D eigenvalue weighted by molar-refractivity contribution is -0.159. The molecule has 43 heavy (non-hydrogen) atoms. The van der Waals surface area contributed by atoms with Gasteiger partial charge in [0.15, 0.2) is 0 Å². The van der Waals surface area contributed by atoms with E-state index in [-0.39, 0.29) is 0 Å². The molecule has 0 aliphatic carbocycles. The number of nitrogens with zero attached hydrogens (tertiary/aromatic N) is 4. The molecule has 0 amide bonds. The minimum Gasteiger partial charge on any atom is -0.473 e. The van der Waals surface area contributed by atoms with Crippen molar-refractivity contribution in [2.24, 2.45) is 0 Å². The summed E-state index contributed by atoms with van der Waals surface area (Å²) >= 11 is 1.86. The molecule has 0 spiro atoms. The number of hydrogen-bond acceptors (Lipinski definition) is 9. The van der Waals surface area contributed by atoms with Crippen LogP contribution in [0, 0.1) is 0 Å². The van der Waals surface area contributed by atoms with Gasteiger partial charge in [-0.15, -0.1) is 11.3 Å². The number of carboxylic acids is 4. The first-order chi connectivity index (χ1) is 20.7. The van der Waals surface area contributed by atoms with Gasteiger partial charge in [0.1, 0.15) is 0 Å². The van der Waals surface area contributed by atoms with Crippen molar-refractivity contribution in [1.82, 2.24) is 25.0 Å². The van der Waals surface area contributed by atoms with Gasteiger partial charge in [0.05, 0.1) is 17.4 Å². The standard InChI is InChI=1S/C25H27N5S.2C2H2O4/c1-2-9-22(10-3-1)30-19-21(25(28-30)20-8-6-12-26-16-20)17-27-18-23(24-11-7-15-31-24)29-13-4-5-14-29;2*3-1(4)2(5)6/h1-3,6-12,15-16,19,23,27H,4-5,13-14,17-18H2;2*(H,3,4)(H,5,6). The zero-order valence-corrected chi connectivity index (χ0v) is 23.8. The molecule has 5 N–H and O–H groups in total. The first-order valence-corrected chi connectivity index (χ1v) is 14.0. The summed E-state index contributed by atoms with van der Waals surface area (Å²) < 4.78 is 1.97. The van der Waals surface area contributed by atoms with E-state index in [0.29, 0.717) is 6.04 Å². The van der Waals surface area contributed by atoms with Crippen LogP contribution in [0.4, 0.5) is 0 Å². The van der Waals surface area contributed by atoms with Crippen LogP contribution in [0.3, 0.4) is 0 Å². The smallest absolute Gasteiger partial charge is 0.414 e. The van der Waals surface area contributed by atoms with Gasteiger partial charge in [-0.25, -0.2) is 23.9 Å². The first kappa shape index (κ1) is 32.6. The highest BCUT2D eigenvalue weighted by atomic mass is 32.1. The highest BCUT2D eigenvalue weighted by molar-refractivity contribution is 7.10. The van der Waals surface area contributed by atoms with Gasteiger partial charge in [-0.3, -0.25) is 9.88 Å². The zero-order valence-electron chi connectivity index (χ0n) is 22.9. The molecule has 1 aliphatic heterocycles. The van der Waals surface area contributed by atoms with Crippen molar-refractivity contribution in [3.05, 3.63) is 89.0 Å². The summed E-state index contributed by atoms with van der Waals surface area (Å²) in [6.45, 7) is 4.09. The molecule has 1 unspecified atom stereocenters. The van der Waals surface area contributed by atoms with E-state index in [1.165, 1.54) is 36.4 Å². The Morgan fingerprint density at radius 1 is 0.860 bits per heavy atom. The number of carboxylic acid groups (broad SMARTS) is 4. The maximum absolute atomic E-state index is 9.10. The fourth-order valence-corrected chi connectivity index (χ4v) is 5.15. The minimum atomic E-state index is -1.82. The Morgan fingerprint density at radius 2 is 1.51 bits per heavy atom. The van der Waals surface area contributed by atoms with Gasteiger partial charge in [-0.1, -0.05) is 24.3 Å². The highest BCUT2D eigenvalue weighted by Gasteiger charge is 2.24. The second-order valence-corrected chi connectivity index (χ2v) is 10.1. The molecule has 0 bridgehead atoms. The molecule has 14 heteroatoms. The normalized spacial score (nSPS) is 13.1. The van der Waals surface area contributed by atoms with Crippen molar-refractivity contribution in [3.8, 4) is 16.9 Å². The molecular weight excluding hydrogens is 578 g/mol. The van der Waals surface area contributed by atoms with E-state index in [1.54, 1.807) is 6.20 Å². The average molecular weight is 610 g/mol. The molecule has 5 rings (SSSR count). The fourth-order valence-electron chi connectivity index (χ4n) is 4.29. The Bertz CT molecular complexity index is 1430. The molecule has 3 aromatic heterocycles. The summed E-state index contributed by atoms with van der Waals surface area (Å²) in [5, 5.41) is 40.4. The lowest BCUT2D eigenvalue weighted by Crippen LogP contribution is -2.33. The number of hydrogen-bond donors (Lipinski definition) is 5. The Labute approximate surface area is 250 Å². The van der Waals surface area contributed by atoms with Crippen molar-refractivity contribution >= 4 is 35.2 Å². The molecule has 226 valence electrons. The molecule has 1 atom stereocenters. The fraction of sp³-hybridized carbons (Fsp3) is 0.241. The van der Waals surface area contributed by atoms with Crippen LogP contribution in [0.5, 0.6) is 0 Å². The number of aromatic nitrogens is 3. The topological polar surface area (TPSA) is 195 Å². The van der Waals surface area contributed by atoms with Crippen molar-refractivity contribution in [2.75, 3.05) is 19.6 Å². The minimum absolute atomic E-state index is 0.438. The third-order valence-corrected chi connectivity index (χ3v) is 7.19. The van der Waals surface area contributed by atoms with E-state index < -0.39 is 23.9 Å². The number of para-hydroxylation sites is 1. The van der Waals surface area contributed by atoms with Crippen molar-refractivity contribution in [3.63, 3.8) is 0 Å². The van der Waals surface area contributed by atoms with Crippen LogP contribution in [-0.4, -0.2) is 83.6 Å². The molecular formula is C29H31N5O8S. The van der Waals surface area contributed by atoms with Crippen LogP contribution in [0.25, 0.3) is 16.9 Å². The van der Waals surface area contributed by atoms with Crippen molar-refractivity contribution in [2.45, 2.75) is 25.4 Å². The Hall–Kier alpha value is -4.92. The molecule has 1 fully saturated rings. The molecule has 1 aliphatic rings. The first-order valence-electron chi connectivity index (χ1n) is 13.1. The van der Waals surface area contributed by atoms with Crippen LogP contribution in [-0.2, 0) is 25.7 Å². The molecule has 13 nitrogen and oxygen atoms in total. The predicted molar refractivity (Wildman–Crippen MR) is 157 cm³/mol. The van der Waals surface area contributed by atoms with E-state index in [2.05, 4.69) is 57.1 Å². The Kier molecular flexibility index (Phi) is 12.5. The van der Waals surface area contributed by atoms with Gasteiger partial charge in [-0.05, 0) is 61.6 Å². The molecule has 4 heterocycles. The van der Waals surface area contributed by atoms with Crippen LogP contribution in [0.2, 0.25) is 0 Å². The lowest BCUT2D eigenvalue weighted by Gasteiger charge is -2.27. The summed E-state index contributed by atoms with van der Waals surface area (Å²) in [4.78, 5) is 44.8. The Morgan fingerprint density at radius 3 is 2.05 bits per heavy atom. The second kappa shape index (κ2) is 16.5. The van der Waals surface area contributed by atoms with E-state index in [9.17, 15) is 0 Å². The van der Waals surface area contributed by atoms with Gasteiger partial charge in [0, 0.05) is 47.7 Å². The largest absolute Gasteiger partial charge is 0.473 e. The highest BCUT2D eigenvalue weighted by Crippen LogP contribution is 2.28. The van der Waals surface area contributed by atoms with Crippen molar-refractivity contribution < 1.29 is 39.6 Å². The van der Waals surface area contributed by atoms with Gasteiger partial charge in [0.25, 0.3) is 0 Å². The summed E-state index contributed by atoms with van der Waals surface area (Å²) in [7, 11) is 0. The quantitative estimate of drug-likeness (QED) is 0.183. The number of nitrogens with one attached hydrogen (secondary N) is 1. The number of rotatable bonds is 8. The second-order valence-electron chi connectivity index (χ2n) is 9.15. The third-order valence-electron chi connectivity index (χ3n) is 6.22. The van der Waals surface area contributed by atoms with Gasteiger partial charge < -0.3 is 25.7 Å². The molecule has 0 radical (unpaired) electrons. The number of benzene rings is 1. The molecule has 1 aromatic carbocycles. The monoisotopic (exact) mass is 609 g/mol. The summed E-state index contributed by atoms with van der Waals surface area (Å²) in [6.07, 6.45) is 8.44. The van der Waals surface area contributed by atoms with E-state index in [4.69, 9.17) is 44.7 Å². The maximum Gasteiger partial charge on any atom is 0.414 e. The molecule has 4 aromatic rings. The number of aliphatic carboxylic acids is 4. The van der Waals surface area contributed by atoms with Gasteiger partial charge in [0.2, 0.25) is 0 Å². The van der Waals surface area contributed by atoms with E-state index in [1.807, 2.05) is 46.5 Å². The number of pyridine rings is 1. The van der Waals surface area contributed by atoms with Gasteiger partial charge in [-0.2, -0.15) is 5.10 Å². The zero-order chi connectivity index (χ0) is 31.2. The SMILES string of the molecule is O=C(O)C(=O)O.O=C(O)C(=O)O.c1ccc(-n2cc(CNCC(c3cccs3)N3CCCC3)c(-c3cccnc3)n2)cc1. The van der Waals surface area contributed by atoms with Crippen LogP contribution < -0.4 is 5.32 Å². The Balaban J connectivity index is 0.000000359. The lowest BCUT2D eigenvalue weighted by atomic mass is 10.1. The van der Waals surface area contributed by atoms with Crippen LogP contribution in [0.1, 0.15) is 29.3 Å². The predicted octanol–water partition coefficient (Wildman–Crippen LogP) is 3.23. The number of thiophene rings is 1. The number of likely N-dealkylation sites (tertiary alicyclic amines) is 1. The van der Waals surface area contributed by atoms with Crippen LogP contribution >= 0.6 is 11.3 Å². The maximum atomic E-state index is 9.10. The van der Waals surface area contributed by atoms with E-state index >= 15 is 0 Å². The van der Waals surface area contributed by atoms with Crippen LogP contribution in [0.15, 0.2) is 78.6 Å². The third kappa shape index (κ3) is 10.1. The number of carbonyl (C=O) groups is 4. The van der Waals surface area contributed by atoms with Gasteiger partial charge >= 0.3 is 23.9 Å². The average Bonchev–Trinajstić information content (AvgIpc) is 3.80. The summed E-state index contributed by atoms with van der Waals surface area (Å²) in [5.41, 5.74) is 4.28. The molecule has 1 saturated heterocycles. The van der Waals surface area contributed by atoms with E-state index in [0.717, 1.165) is 30.0 Å².